The van der Waals surface area contributed by atoms with Gasteiger partial charge in [0, 0.05) is 23.4 Å². The Bertz CT molecular complexity index is 1140. The fraction of sp³-hybridized carbons (Fsp3) is 0.222. The minimum atomic E-state index is -0.483. The van der Waals surface area contributed by atoms with Gasteiger partial charge in [-0.05, 0) is 32.9 Å². The molecule has 0 saturated heterocycles. The molecule has 0 unspecified atom stereocenters. The van der Waals surface area contributed by atoms with Gasteiger partial charge < -0.3 is 4.74 Å². The van der Waals surface area contributed by atoms with E-state index in [2.05, 4.69) is 19.9 Å². The summed E-state index contributed by atoms with van der Waals surface area (Å²) < 4.78 is 20.8. The summed E-state index contributed by atoms with van der Waals surface area (Å²) in [6, 6.07) is 5.37. The number of hydrogen-bond donors (Lipinski definition) is 0. The third-order valence-electron chi connectivity index (χ3n) is 4.21. The van der Waals surface area contributed by atoms with Crippen LogP contribution in [0, 0.1) is 26.7 Å². The molecular formula is C18H16FN5O. The molecule has 0 aliphatic heterocycles. The van der Waals surface area contributed by atoms with E-state index < -0.39 is 5.95 Å². The summed E-state index contributed by atoms with van der Waals surface area (Å²) in [6.07, 6.45) is 1.48. The molecule has 7 heteroatoms. The van der Waals surface area contributed by atoms with Crippen molar-refractivity contribution in [3.05, 3.63) is 47.3 Å². The number of aryl methyl sites for hydroxylation is 3. The smallest absolute Gasteiger partial charge is 0.215 e. The van der Waals surface area contributed by atoms with E-state index in [0.29, 0.717) is 22.9 Å². The van der Waals surface area contributed by atoms with Gasteiger partial charge in [0.15, 0.2) is 5.65 Å². The molecule has 0 spiro atoms. The van der Waals surface area contributed by atoms with E-state index in [9.17, 15) is 4.39 Å². The van der Waals surface area contributed by atoms with E-state index in [1.54, 1.807) is 26.2 Å². The lowest BCUT2D eigenvalue weighted by Crippen LogP contribution is -2.01. The summed E-state index contributed by atoms with van der Waals surface area (Å²) in [4.78, 5) is 17.7. The fourth-order valence-corrected chi connectivity index (χ4v) is 3.06. The predicted molar refractivity (Wildman–Crippen MR) is 92.2 cm³/mol. The van der Waals surface area contributed by atoms with E-state index in [4.69, 9.17) is 4.74 Å². The summed E-state index contributed by atoms with van der Waals surface area (Å²) in [5.41, 5.74) is 5.11. The summed E-state index contributed by atoms with van der Waals surface area (Å²) in [5.74, 6) is 0.661. The van der Waals surface area contributed by atoms with Gasteiger partial charge >= 0.3 is 0 Å². The molecular weight excluding hydrogens is 321 g/mol. The van der Waals surface area contributed by atoms with E-state index in [0.717, 1.165) is 28.0 Å². The number of halogens is 1. The van der Waals surface area contributed by atoms with Crippen LogP contribution >= 0.6 is 0 Å². The monoisotopic (exact) mass is 337 g/mol. The predicted octanol–water partition coefficient (Wildman–Crippen LogP) is 3.41. The Morgan fingerprint density at radius 1 is 1.04 bits per heavy atom. The van der Waals surface area contributed by atoms with Crippen molar-refractivity contribution in [3.63, 3.8) is 0 Å². The van der Waals surface area contributed by atoms with Gasteiger partial charge in [-0.2, -0.15) is 9.37 Å². The van der Waals surface area contributed by atoms with E-state index in [1.807, 2.05) is 24.3 Å². The standard InChI is InChI=1S/C18H16FN5O/c1-9-7-12(8-20-16(9)19)17-22-11(3)15-10(2)21-13-5-6-14(25-4)23-18(13)24(15)17/h5-8H,1-4H3. The van der Waals surface area contributed by atoms with Gasteiger partial charge in [0.05, 0.1) is 24.0 Å². The van der Waals surface area contributed by atoms with Gasteiger partial charge in [-0.1, -0.05) is 0 Å². The number of nitrogens with zero attached hydrogens (tertiary/aromatic N) is 5. The molecule has 6 nitrogen and oxygen atoms in total. The molecule has 0 aliphatic carbocycles. The first-order valence-corrected chi connectivity index (χ1v) is 7.82. The SMILES string of the molecule is COc1ccc2nc(C)c3c(C)nc(-c4cnc(F)c(C)c4)n3c2n1. The molecule has 126 valence electrons. The van der Waals surface area contributed by atoms with Crippen LogP contribution in [0.5, 0.6) is 5.88 Å². The Morgan fingerprint density at radius 3 is 2.52 bits per heavy atom. The third kappa shape index (κ3) is 2.31. The van der Waals surface area contributed by atoms with Gasteiger partial charge in [-0.25, -0.2) is 15.0 Å². The second-order valence-electron chi connectivity index (χ2n) is 5.93. The Balaban J connectivity index is 2.16. The van der Waals surface area contributed by atoms with Crippen molar-refractivity contribution in [1.82, 2.24) is 24.3 Å². The molecule has 0 radical (unpaired) electrons. The van der Waals surface area contributed by atoms with Gasteiger partial charge in [0.2, 0.25) is 11.8 Å². The van der Waals surface area contributed by atoms with Crippen molar-refractivity contribution in [2.45, 2.75) is 20.8 Å². The van der Waals surface area contributed by atoms with Crippen molar-refractivity contribution in [3.8, 4) is 17.3 Å². The first-order chi connectivity index (χ1) is 12.0. The maximum absolute atomic E-state index is 13.6. The second kappa shape index (κ2) is 5.47. The first kappa shape index (κ1) is 15.4. The van der Waals surface area contributed by atoms with Crippen molar-refractivity contribution >= 4 is 16.7 Å². The van der Waals surface area contributed by atoms with Gasteiger partial charge in [-0.3, -0.25) is 4.40 Å². The van der Waals surface area contributed by atoms with Crippen LogP contribution < -0.4 is 4.74 Å². The fourth-order valence-electron chi connectivity index (χ4n) is 3.06. The molecule has 0 amide bonds. The van der Waals surface area contributed by atoms with Crippen LogP contribution in [0.2, 0.25) is 0 Å². The van der Waals surface area contributed by atoms with Crippen LogP contribution in [0.15, 0.2) is 24.4 Å². The van der Waals surface area contributed by atoms with Crippen LogP contribution in [0.25, 0.3) is 28.1 Å². The largest absolute Gasteiger partial charge is 0.481 e. The number of methoxy groups -OCH3 is 1. The average molecular weight is 337 g/mol. The van der Waals surface area contributed by atoms with E-state index in [1.165, 1.54) is 6.20 Å². The number of imidazole rings is 1. The highest BCUT2D eigenvalue weighted by Gasteiger charge is 2.18. The maximum atomic E-state index is 13.6. The molecule has 0 bridgehead atoms. The topological polar surface area (TPSA) is 65.2 Å². The van der Waals surface area contributed by atoms with Gasteiger partial charge in [0.25, 0.3) is 0 Å². The highest BCUT2D eigenvalue weighted by atomic mass is 19.1. The lowest BCUT2D eigenvalue weighted by molar-refractivity contribution is 0.399. The minimum absolute atomic E-state index is 0.465. The molecule has 4 heterocycles. The zero-order valence-corrected chi connectivity index (χ0v) is 14.3. The zero-order valence-electron chi connectivity index (χ0n) is 14.3. The molecule has 25 heavy (non-hydrogen) atoms. The highest BCUT2D eigenvalue weighted by Crippen LogP contribution is 2.28. The Morgan fingerprint density at radius 2 is 1.80 bits per heavy atom. The Hall–Kier alpha value is -3.09. The molecule has 0 aliphatic rings. The van der Waals surface area contributed by atoms with Gasteiger partial charge in [0.1, 0.15) is 11.3 Å². The molecule has 0 aromatic carbocycles. The van der Waals surface area contributed by atoms with Crippen molar-refractivity contribution in [2.24, 2.45) is 0 Å². The number of rotatable bonds is 2. The second-order valence-corrected chi connectivity index (χ2v) is 5.93. The van der Waals surface area contributed by atoms with Crippen molar-refractivity contribution in [1.29, 1.82) is 0 Å². The van der Waals surface area contributed by atoms with Crippen molar-refractivity contribution in [2.75, 3.05) is 7.11 Å². The maximum Gasteiger partial charge on any atom is 0.215 e. The summed E-state index contributed by atoms with van der Waals surface area (Å²) >= 11 is 0. The molecule has 0 fully saturated rings. The number of fused-ring (bicyclic) bond motifs is 3. The minimum Gasteiger partial charge on any atom is -0.481 e. The highest BCUT2D eigenvalue weighted by molar-refractivity contribution is 5.81. The number of ether oxygens (including phenoxy) is 1. The zero-order chi connectivity index (χ0) is 17.7. The molecule has 4 aromatic rings. The van der Waals surface area contributed by atoms with Crippen molar-refractivity contribution < 1.29 is 9.13 Å². The van der Waals surface area contributed by atoms with Crippen LogP contribution in [0.1, 0.15) is 17.0 Å². The molecule has 4 aromatic heterocycles. The van der Waals surface area contributed by atoms with Crippen LogP contribution in [0.3, 0.4) is 0 Å². The summed E-state index contributed by atoms with van der Waals surface area (Å²) in [7, 11) is 1.57. The van der Waals surface area contributed by atoms with Crippen LogP contribution in [-0.4, -0.2) is 31.4 Å². The Kier molecular flexibility index (Phi) is 3.38. The molecule has 4 rings (SSSR count). The molecule has 0 atom stereocenters. The summed E-state index contributed by atoms with van der Waals surface area (Å²) in [6.45, 7) is 5.54. The van der Waals surface area contributed by atoms with E-state index in [-0.39, 0.29) is 0 Å². The van der Waals surface area contributed by atoms with Crippen LogP contribution in [-0.2, 0) is 0 Å². The quantitative estimate of drug-likeness (QED) is 0.525. The number of pyridine rings is 2. The van der Waals surface area contributed by atoms with E-state index >= 15 is 0 Å². The number of hydrogen-bond acceptors (Lipinski definition) is 5. The number of aromatic nitrogens is 5. The molecule has 0 saturated carbocycles. The lowest BCUT2D eigenvalue weighted by atomic mass is 10.2. The normalized spacial score (nSPS) is 11.4. The van der Waals surface area contributed by atoms with Gasteiger partial charge in [-0.15, -0.1) is 0 Å². The average Bonchev–Trinajstić information content (AvgIpc) is 2.95. The molecule has 0 N–H and O–H groups in total. The first-order valence-electron chi connectivity index (χ1n) is 7.82. The van der Waals surface area contributed by atoms with Crippen LogP contribution in [0.4, 0.5) is 4.39 Å². The Labute approximate surface area is 143 Å². The third-order valence-corrected chi connectivity index (χ3v) is 4.21. The summed E-state index contributed by atoms with van der Waals surface area (Å²) in [5, 5.41) is 0. The lowest BCUT2D eigenvalue weighted by Gasteiger charge is -2.09.